The Balaban J connectivity index is 3.05. The summed E-state index contributed by atoms with van der Waals surface area (Å²) in [5.41, 5.74) is -0.217. The molecule has 102 valence electrons. The molecule has 18 heavy (non-hydrogen) atoms. The number of ether oxygens (including phenoxy) is 1. The van der Waals surface area contributed by atoms with Gasteiger partial charge in [-0.3, -0.25) is 4.72 Å². The number of methoxy groups -OCH3 is 1. The maximum atomic E-state index is 12.1. The highest BCUT2D eigenvalue weighted by Crippen LogP contribution is 2.33. The summed E-state index contributed by atoms with van der Waals surface area (Å²) < 4.78 is 65.3. The molecule has 9 heteroatoms. The van der Waals surface area contributed by atoms with Gasteiger partial charge < -0.3 is 4.74 Å². The van der Waals surface area contributed by atoms with Crippen LogP contribution in [0.3, 0.4) is 0 Å². The highest BCUT2D eigenvalue weighted by Gasteiger charge is 2.35. The molecule has 1 N–H and O–H groups in total. The number of sulfonamides is 1. The van der Waals surface area contributed by atoms with Crippen molar-refractivity contribution < 1.29 is 26.3 Å². The van der Waals surface area contributed by atoms with Gasteiger partial charge in [-0.2, -0.15) is 13.2 Å². The second-order valence-corrected chi connectivity index (χ2v) is 5.42. The lowest BCUT2D eigenvalue weighted by Gasteiger charge is -2.14. The third-order valence-corrected chi connectivity index (χ3v) is 3.34. The predicted molar refractivity (Wildman–Crippen MR) is 61.5 cm³/mol. The Morgan fingerprint density at radius 3 is 2.50 bits per heavy atom. The van der Waals surface area contributed by atoms with Crippen LogP contribution in [-0.4, -0.2) is 27.5 Å². The average Bonchev–Trinajstić information content (AvgIpc) is 2.17. The molecule has 0 radical (unpaired) electrons. The zero-order valence-corrected chi connectivity index (χ0v) is 10.7. The molecule has 0 spiro atoms. The van der Waals surface area contributed by atoms with E-state index in [1.165, 1.54) is 25.3 Å². The van der Waals surface area contributed by atoms with Crippen LogP contribution in [-0.2, 0) is 10.0 Å². The van der Waals surface area contributed by atoms with Crippen LogP contribution in [0.4, 0.5) is 18.9 Å². The Morgan fingerprint density at radius 2 is 2.00 bits per heavy atom. The third-order valence-electron chi connectivity index (χ3n) is 1.81. The van der Waals surface area contributed by atoms with E-state index in [9.17, 15) is 21.6 Å². The third kappa shape index (κ3) is 4.26. The van der Waals surface area contributed by atoms with Crippen molar-refractivity contribution in [3.8, 4) is 5.75 Å². The van der Waals surface area contributed by atoms with Gasteiger partial charge in [-0.25, -0.2) is 8.42 Å². The van der Waals surface area contributed by atoms with Crippen LogP contribution in [0.2, 0.25) is 5.02 Å². The first-order valence-corrected chi connectivity index (χ1v) is 6.57. The fraction of sp³-hybridized carbons (Fsp3) is 0.333. The van der Waals surface area contributed by atoms with Crippen molar-refractivity contribution >= 4 is 27.3 Å². The molecule has 0 unspecified atom stereocenters. The van der Waals surface area contributed by atoms with Crippen LogP contribution in [0, 0.1) is 0 Å². The first kappa shape index (κ1) is 14.9. The number of alkyl halides is 3. The summed E-state index contributed by atoms with van der Waals surface area (Å²) in [5.74, 6) is -1.96. The Labute approximate surface area is 107 Å². The van der Waals surface area contributed by atoms with E-state index in [1.54, 1.807) is 4.72 Å². The maximum Gasteiger partial charge on any atom is 0.404 e. The molecular weight excluding hydrogens is 295 g/mol. The Morgan fingerprint density at radius 1 is 1.39 bits per heavy atom. The van der Waals surface area contributed by atoms with E-state index in [0.29, 0.717) is 0 Å². The number of nitrogens with one attached hydrogen (secondary N) is 1. The van der Waals surface area contributed by atoms with Crippen LogP contribution in [0.1, 0.15) is 0 Å². The maximum absolute atomic E-state index is 12.1. The van der Waals surface area contributed by atoms with E-state index in [1.807, 2.05) is 0 Å². The number of hydrogen-bond acceptors (Lipinski definition) is 3. The first-order valence-electron chi connectivity index (χ1n) is 4.54. The minimum absolute atomic E-state index is 0.0354. The molecular formula is C9H9ClF3NO3S. The smallest absolute Gasteiger partial charge is 0.404 e. The highest BCUT2D eigenvalue weighted by molar-refractivity contribution is 7.92. The van der Waals surface area contributed by atoms with Crippen molar-refractivity contribution in [1.29, 1.82) is 0 Å². The predicted octanol–water partition coefficient (Wildman–Crippen LogP) is 2.65. The molecule has 1 rings (SSSR count). The minimum Gasteiger partial charge on any atom is -0.495 e. The molecule has 0 aliphatic rings. The second-order valence-electron chi connectivity index (χ2n) is 3.29. The summed E-state index contributed by atoms with van der Waals surface area (Å²) in [4.78, 5) is 0. The summed E-state index contributed by atoms with van der Waals surface area (Å²) in [6.45, 7) is 0. The molecule has 0 bridgehead atoms. The molecule has 0 fully saturated rings. The Kier molecular flexibility index (Phi) is 4.33. The van der Waals surface area contributed by atoms with Gasteiger partial charge in [0, 0.05) is 0 Å². The standard InChI is InChI=1S/C9H9ClF3NO3S/c1-17-7-4-2-3-6(10)8(7)14-18(15,16)5-9(11,12)13/h2-4,14H,5H2,1H3. The van der Waals surface area contributed by atoms with Gasteiger partial charge in [0.15, 0.2) is 5.75 Å². The van der Waals surface area contributed by atoms with Gasteiger partial charge in [0.25, 0.3) is 0 Å². The Hall–Kier alpha value is -1.15. The van der Waals surface area contributed by atoms with Crippen molar-refractivity contribution in [3.63, 3.8) is 0 Å². The zero-order valence-electron chi connectivity index (χ0n) is 9.08. The molecule has 0 aliphatic carbocycles. The summed E-state index contributed by atoms with van der Waals surface area (Å²) >= 11 is 5.70. The van der Waals surface area contributed by atoms with E-state index in [2.05, 4.69) is 0 Å². The van der Waals surface area contributed by atoms with Gasteiger partial charge in [0.2, 0.25) is 10.0 Å². The van der Waals surface area contributed by atoms with Crippen LogP contribution in [0.25, 0.3) is 0 Å². The van der Waals surface area contributed by atoms with Crippen molar-refractivity contribution in [2.75, 3.05) is 17.6 Å². The number of rotatable bonds is 4. The summed E-state index contributed by atoms with van der Waals surface area (Å²) in [7, 11) is -3.34. The quantitative estimate of drug-likeness (QED) is 0.930. The second kappa shape index (κ2) is 5.23. The van der Waals surface area contributed by atoms with Gasteiger partial charge in [-0.1, -0.05) is 17.7 Å². The molecule has 0 saturated heterocycles. The first-order chi connectivity index (χ1) is 8.14. The normalized spacial score (nSPS) is 12.3. The number of halogens is 4. The van der Waals surface area contributed by atoms with Gasteiger partial charge in [0.05, 0.1) is 12.1 Å². The van der Waals surface area contributed by atoms with Crippen LogP contribution >= 0.6 is 11.6 Å². The molecule has 0 amide bonds. The lowest BCUT2D eigenvalue weighted by molar-refractivity contribution is -0.106. The van der Waals surface area contributed by atoms with Crippen molar-refractivity contribution in [2.45, 2.75) is 6.18 Å². The Bertz CT molecular complexity index is 530. The van der Waals surface area contributed by atoms with Gasteiger partial charge >= 0.3 is 6.18 Å². The van der Waals surface area contributed by atoms with E-state index < -0.39 is 22.0 Å². The fourth-order valence-corrected chi connectivity index (χ4v) is 2.47. The highest BCUT2D eigenvalue weighted by atomic mass is 35.5. The zero-order chi connectivity index (χ0) is 14.0. The van der Waals surface area contributed by atoms with Crippen molar-refractivity contribution in [1.82, 2.24) is 0 Å². The van der Waals surface area contributed by atoms with Crippen molar-refractivity contribution in [2.24, 2.45) is 0 Å². The molecule has 0 heterocycles. The topological polar surface area (TPSA) is 55.4 Å². The van der Waals surface area contributed by atoms with E-state index >= 15 is 0 Å². The number of anilines is 1. The molecule has 1 aromatic rings. The van der Waals surface area contributed by atoms with E-state index in [-0.39, 0.29) is 16.5 Å². The summed E-state index contributed by atoms with van der Waals surface area (Å²) in [5, 5.41) is -0.0555. The minimum atomic E-state index is -4.83. The number of hydrogen-bond donors (Lipinski definition) is 1. The van der Waals surface area contributed by atoms with E-state index in [4.69, 9.17) is 16.3 Å². The van der Waals surface area contributed by atoms with Gasteiger partial charge in [-0.05, 0) is 12.1 Å². The van der Waals surface area contributed by atoms with Crippen LogP contribution in [0.5, 0.6) is 5.75 Å². The number of benzene rings is 1. The molecule has 1 aromatic carbocycles. The summed E-state index contributed by atoms with van der Waals surface area (Å²) in [6.07, 6.45) is -4.83. The molecule has 0 aromatic heterocycles. The van der Waals surface area contributed by atoms with Gasteiger partial charge in [-0.15, -0.1) is 0 Å². The average molecular weight is 304 g/mol. The van der Waals surface area contributed by atoms with Gasteiger partial charge in [0.1, 0.15) is 11.4 Å². The van der Waals surface area contributed by atoms with Crippen LogP contribution in [0.15, 0.2) is 18.2 Å². The van der Waals surface area contributed by atoms with Crippen molar-refractivity contribution in [3.05, 3.63) is 23.2 Å². The monoisotopic (exact) mass is 303 g/mol. The molecule has 4 nitrogen and oxygen atoms in total. The largest absolute Gasteiger partial charge is 0.495 e. The number of para-hydroxylation sites is 1. The fourth-order valence-electron chi connectivity index (χ4n) is 1.18. The van der Waals surface area contributed by atoms with Crippen LogP contribution < -0.4 is 9.46 Å². The lowest BCUT2D eigenvalue weighted by atomic mass is 10.3. The molecule has 0 saturated carbocycles. The lowest BCUT2D eigenvalue weighted by Crippen LogP contribution is -2.28. The molecule has 0 aliphatic heterocycles. The SMILES string of the molecule is COc1cccc(Cl)c1NS(=O)(=O)CC(F)(F)F. The van der Waals surface area contributed by atoms with E-state index in [0.717, 1.165) is 0 Å². The molecule has 0 atom stereocenters. The summed E-state index contributed by atoms with van der Waals surface area (Å²) in [6, 6.07) is 4.18.